The number of hydrogen-bond donors (Lipinski definition) is 0. The van der Waals surface area contributed by atoms with Crippen LogP contribution >= 0.6 is 0 Å². The zero-order chi connectivity index (χ0) is 19.3. The highest BCUT2D eigenvalue weighted by atomic mass is 28.3. The Hall–Kier alpha value is -1.24. The molecule has 0 bridgehead atoms. The highest BCUT2D eigenvalue weighted by Crippen LogP contribution is 2.40. The van der Waals surface area contributed by atoms with Crippen LogP contribution in [-0.4, -0.2) is 14.7 Å². The molecule has 0 unspecified atom stereocenters. The lowest BCUT2D eigenvalue weighted by atomic mass is 9.87. The van der Waals surface area contributed by atoms with Crippen molar-refractivity contribution in [2.45, 2.75) is 84.4 Å². The molecule has 0 aliphatic heterocycles. The molecule has 0 amide bonds. The minimum absolute atomic E-state index is 0.142. The molecule has 0 radical (unpaired) electrons. The van der Waals surface area contributed by atoms with Gasteiger partial charge in [-0.15, -0.1) is 5.54 Å². The largest absolute Gasteiger partial charge is 0.337 e. The molecule has 2 nitrogen and oxygen atoms in total. The van der Waals surface area contributed by atoms with E-state index in [1.807, 2.05) is 12.1 Å². The summed E-state index contributed by atoms with van der Waals surface area (Å²) >= 11 is 0. The Balaban J connectivity index is 2.67. The molecule has 0 N–H and O–H groups in total. The first-order valence-electron chi connectivity index (χ1n) is 9.41. The van der Waals surface area contributed by atoms with Gasteiger partial charge in [0.25, 0.3) is 0 Å². The van der Waals surface area contributed by atoms with E-state index in [1.54, 1.807) is 0 Å². The Morgan fingerprint density at radius 2 is 1.36 bits per heavy atom. The molecule has 0 heterocycles. The first-order chi connectivity index (χ1) is 11.5. The maximum atomic E-state index is 5.38. The van der Waals surface area contributed by atoms with Gasteiger partial charge in [-0.2, -0.15) is 4.89 Å². The van der Waals surface area contributed by atoms with Crippen LogP contribution in [0.3, 0.4) is 0 Å². The Kier molecular flexibility index (Phi) is 7.78. The minimum atomic E-state index is -1.68. The molecule has 0 saturated heterocycles. The molecular formula is C22H36O2Si. The standard InChI is InChI=1S/C22H36O2Si/c1-17(2)25(18(3)4,19(5)6)16-10-15-23-24-21-13-11-20(12-14-21)22(7,8)9/h11-14,17-19H,15H2,1-9H3. The summed E-state index contributed by atoms with van der Waals surface area (Å²) in [5, 5.41) is 0. The zero-order valence-electron chi connectivity index (χ0n) is 17.6. The maximum Gasteiger partial charge on any atom is 0.165 e. The van der Waals surface area contributed by atoms with E-state index in [0.717, 1.165) is 5.75 Å². The fourth-order valence-electron chi connectivity index (χ4n) is 3.76. The monoisotopic (exact) mass is 360 g/mol. The first kappa shape index (κ1) is 21.8. The molecule has 1 aromatic rings. The highest BCUT2D eigenvalue weighted by Gasteiger charge is 2.41. The van der Waals surface area contributed by atoms with Gasteiger partial charge in [-0.05, 0) is 39.7 Å². The van der Waals surface area contributed by atoms with Gasteiger partial charge in [0.2, 0.25) is 0 Å². The predicted octanol–water partition coefficient (Wildman–Crippen LogP) is 6.52. The third-order valence-electron chi connectivity index (χ3n) is 5.18. The molecular weight excluding hydrogens is 324 g/mol. The van der Waals surface area contributed by atoms with E-state index in [-0.39, 0.29) is 5.41 Å². The van der Waals surface area contributed by atoms with E-state index < -0.39 is 8.07 Å². The van der Waals surface area contributed by atoms with Gasteiger partial charge in [0, 0.05) is 0 Å². The predicted molar refractivity (Wildman–Crippen MR) is 111 cm³/mol. The van der Waals surface area contributed by atoms with E-state index in [9.17, 15) is 0 Å². The van der Waals surface area contributed by atoms with Crippen LogP contribution < -0.4 is 4.89 Å². The van der Waals surface area contributed by atoms with Crippen molar-refractivity contribution in [2.24, 2.45) is 0 Å². The third-order valence-corrected chi connectivity index (χ3v) is 11.5. The van der Waals surface area contributed by atoms with Crippen molar-refractivity contribution in [3.05, 3.63) is 29.8 Å². The summed E-state index contributed by atoms with van der Waals surface area (Å²) in [7, 11) is -1.68. The van der Waals surface area contributed by atoms with Crippen LogP contribution in [0.25, 0.3) is 0 Å². The molecule has 0 aliphatic carbocycles. The average molecular weight is 361 g/mol. The molecule has 25 heavy (non-hydrogen) atoms. The van der Waals surface area contributed by atoms with Gasteiger partial charge < -0.3 is 4.89 Å². The summed E-state index contributed by atoms with van der Waals surface area (Å²) < 4.78 is 0. The second kappa shape index (κ2) is 8.92. The smallest absolute Gasteiger partial charge is 0.165 e. The maximum absolute atomic E-state index is 5.38. The molecule has 0 aliphatic rings. The molecule has 0 atom stereocenters. The van der Waals surface area contributed by atoms with E-state index in [0.29, 0.717) is 23.2 Å². The highest BCUT2D eigenvalue weighted by molar-refractivity contribution is 6.90. The van der Waals surface area contributed by atoms with Crippen molar-refractivity contribution in [3.8, 4) is 17.2 Å². The Morgan fingerprint density at radius 3 is 1.76 bits per heavy atom. The summed E-state index contributed by atoms with van der Waals surface area (Å²) in [5.74, 6) is 3.96. The lowest BCUT2D eigenvalue weighted by Gasteiger charge is -2.38. The second-order valence-corrected chi connectivity index (χ2v) is 14.4. The van der Waals surface area contributed by atoms with Gasteiger partial charge in [0.05, 0.1) is 0 Å². The Bertz CT molecular complexity index is 561. The molecule has 3 heteroatoms. The zero-order valence-corrected chi connectivity index (χ0v) is 18.6. The molecule has 140 valence electrons. The van der Waals surface area contributed by atoms with Gasteiger partial charge in [-0.3, -0.25) is 0 Å². The van der Waals surface area contributed by atoms with Crippen LogP contribution in [0.1, 0.15) is 67.9 Å². The van der Waals surface area contributed by atoms with Gasteiger partial charge >= 0.3 is 0 Å². The van der Waals surface area contributed by atoms with Crippen molar-refractivity contribution >= 4 is 8.07 Å². The van der Waals surface area contributed by atoms with Crippen LogP contribution in [0.2, 0.25) is 16.6 Å². The van der Waals surface area contributed by atoms with Crippen molar-refractivity contribution in [3.63, 3.8) is 0 Å². The quantitative estimate of drug-likeness (QED) is 0.189. The molecule has 0 spiro atoms. The number of hydrogen-bond acceptors (Lipinski definition) is 2. The molecule has 0 aromatic heterocycles. The Morgan fingerprint density at radius 1 is 0.880 bits per heavy atom. The van der Waals surface area contributed by atoms with E-state index in [2.05, 4.69) is 85.9 Å². The number of rotatable bonds is 6. The molecule has 1 rings (SSSR count). The lowest BCUT2D eigenvalue weighted by Crippen LogP contribution is -2.43. The average Bonchev–Trinajstić information content (AvgIpc) is 2.49. The SMILES string of the molecule is CC(C)[Si](C#CCOOc1ccc(C(C)(C)C)cc1)(C(C)C)C(C)C. The summed E-state index contributed by atoms with van der Waals surface area (Å²) in [5.41, 5.74) is 6.94. The van der Waals surface area contributed by atoms with Crippen LogP contribution in [0.4, 0.5) is 0 Å². The molecule has 0 saturated carbocycles. The van der Waals surface area contributed by atoms with Crippen molar-refractivity contribution in [1.29, 1.82) is 0 Å². The van der Waals surface area contributed by atoms with Crippen LogP contribution in [0.5, 0.6) is 5.75 Å². The Labute approximate surface area is 156 Å². The fourth-order valence-corrected chi connectivity index (χ4v) is 9.00. The van der Waals surface area contributed by atoms with Crippen LogP contribution in [0, 0.1) is 11.5 Å². The topological polar surface area (TPSA) is 18.5 Å². The molecule has 1 aromatic carbocycles. The summed E-state index contributed by atoms with van der Waals surface area (Å²) in [6.07, 6.45) is 0. The summed E-state index contributed by atoms with van der Waals surface area (Å²) in [6.45, 7) is 20.8. The van der Waals surface area contributed by atoms with E-state index in [1.165, 1.54) is 5.56 Å². The van der Waals surface area contributed by atoms with Crippen molar-refractivity contribution < 1.29 is 9.78 Å². The van der Waals surface area contributed by atoms with Crippen LogP contribution in [-0.2, 0) is 10.3 Å². The van der Waals surface area contributed by atoms with Crippen molar-refractivity contribution in [1.82, 2.24) is 0 Å². The van der Waals surface area contributed by atoms with Gasteiger partial charge in [0.1, 0.15) is 8.07 Å². The molecule has 0 fully saturated rings. The van der Waals surface area contributed by atoms with Gasteiger partial charge in [-0.1, -0.05) is 80.4 Å². The van der Waals surface area contributed by atoms with Crippen molar-refractivity contribution in [2.75, 3.05) is 6.61 Å². The fraction of sp³-hybridized carbons (Fsp3) is 0.636. The summed E-state index contributed by atoms with van der Waals surface area (Å²) in [6, 6.07) is 8.06. The van der Waals surface area contributed by atoms with Gasteiger partial charge in [0.15, 0.2) is 12.4 Å². The second-order valence-electron chi connectivity index (χ2n) is 8.82. The van der Waals surface area contributed by atoms with Gasteiger partial charge in [-0.25, -0.2) is 0 Å². The normalized spacial score (nSPS) is 12.5. The minimum Gasteiger partial charge on any atom is -0.337 e. The summed E-state index contributed by atoms with van der Waals surface area (Å²) in [4.78, 5) is 10.7. The lowest BCUT2D eigenvalue weighted by molar-refractivity contribution is -0.193. The van der Waals surface area contributed by atoms with Crippen LogP contribution in [0.15, 0.2) is 24.3 Å². The number of benzene rings is 1. The first-order valence-corrected chi connectivity index (χ1v) is 11.6. The van der Waals surface area contributed by atoms with E-state index >= 15 is 0 Å². The van der Waals surface area contributed by atoms with E-state index in [4.69, 9.17) is 9.78 Å². The third kappa shape index (κ3) is 5.62.